The number of rotatable bonds is 2. The molecule has 0 aliphatic carbocycles. The Morgan fingerprint density at radius 1 is 1.36 bits per heavy atom. The van der Waals surface area contributed by atoms with Gasteiger partial charge in [-0.25, -0.2) is 0 Å². The van der Waals surface area contributed by atoms with E-state index in [1.165, 1.54) is 11.8 Å². The van der Waals surface area contributed by atoms with E-state index in [4.69, 9.17) is 0 Å². The topological polar surface area (TPSA) is 20.3 Å². The molecule has 0 saturated carbocycles. The van der Waals surface area contributed by atoms with Gasteiger partial charge < -0.3 is 4.90 Å². The Labute approximate surface area is 90.4 Å². The molecule has 0 bridgehead atoms. The summed E-state index contributed by atoms with van der Waals surface area (Å²) in [5.74, 6) is 0.702. The van der Waals surface area contributed by atoms with Crippen molar-refractivity contribution in [3.63, 3.8) is 0 Å². The highest BCUT2D eigenvalue weighted by Crippen LogP contribution is 2.26. The van der Waals surface area contributed by atoms with E-state index in [1.807, 2.05) is 13.8 Å². The van der Waals surface area contributed by atoms with Gasteiger partial charge in [0.05, 0.1) is 0 Å². The number of allylic oxidation sites excluding steroid dienone is 2. The van der Waals surface area contributed by atoms with E-state index in [1.54, 1.807) is 24.1 Å². The van der Waals surface area contributed by atoms with Crippen LogP contribution in [-0.4, -0.2) is 22.9 Å². The fourth-order valence-corrected chi connectivity index (χ4v) is 1.89. The molecule has 14 heavy (non-hydrogen) atoms. The summed E-state index contributed by atoms with van der Waals surface area (Å²) in [4.78, 5) is 12.8. The first kappa shape index (κ1) is 13.0. The molecule has 0 aromatic rings. The second-order valence-corrected chi connectivity index (χ2v) is 3.36. The molecule has 0 radical (unpaired) electrons. The molecule has 1 heterocycles. The third-order valence-corrected chi connectivity index (χ3v) is 2.73. The van der Waals surface area contributed by atoms with Crippen LogP contribution in [0.3, 0.4) is 0 Å². The summed E-state index contributed by atoms with van der Waals surface area (Å²) < 4.78 is 0. The van der Waals surface area contributed by atoms with Gasteiger partial charge in [0, 0.05) is 18.5 Å². The molecular formula is C11H17NOS. The zero-order chi connectivity index (χ0) is 11.1. The lowest BCUT2D eigenvalue weighted by Crippen LogP contribution is -2.26. The highest BCUT2D eigenvalue weighted by molar-refractivity contribution is 8.13. The summed E-state index contributed by atoms with van der Waals surface area (Å²) in [7, 11) is 1.75. The molecule has 1 rings (SSSR count). The Balaban J connectivity index is 0.000000791. The van der Waals surface area contributed by atoms with Gasteiger partial charge in [-0.05, 0) is 11.6 Å². The van der Waals surface area contributed by atoms with Gasteiger partial charge in [-0.1, -0.05) is 44.8 Å². The normalized spacial score (nSPS) is 15.9. The summed E-state index contributed by atoms with van der Waals surface area (Å²) in [5, 5.41) is 0.0653. The van der Waals surface area contributed by atoms with Crippen LogP contribution in [0.1, 0.15) is 13.8 Å². The molecule has 0 fully saturated rings. The maximum Gasteiger partial charge on any atom is 0.286 e. The van der Waals surface area contributed by atoms with Crippen LogP contribution in [-0.2, 0) is 0 Å². The summed E-state index contributed by atoms with van der Waals surface area (Å²) in [5.41, 5.74) is 1.94. The molecule has 2 nitrogen and oxygen atoms in total. The fourth-order valence-electron chi connectivity index (χ4n) is 1.06. The molecule has 0 unspecified atom stereocenters. The lowest BCUT2D eigenvalue weighted by molar-refractivity contribution is 0.243. The molecule has 0 atom stereocenters. The van der Waals surface area contributed by atoms with Gasteiger partial charge in [0.25, 0.3) is 5.24 Å². The number of thioether (sulfide) groups is 1. The van der Waals surface area contributed by atoms with Crippen molar-refractivity contribution < 1.29 is 4.79 Å². The summed E-state index contributed by atoms with van der Waals surface area (Å²) >= 11 is 1.29. The van der Waals surface area contributed by atoms with Crippen LogP contribution >= 0.6 is 11.8 Å². The van der Waals surface area contributed by atoms with E-state index in [0.717, 1.165) is 11.3 Å². The van der Waals surface area contributed by atoms with E-state index in [9.17, 15) is 4.79 Å². The lowest BCUT2D eigenvalue weighted by atomic mass is 10.2. The second-order valence-electron chi connectivity index (χ2n) is 2.43. The molecule has 0 aromatic heterocycles. The van der Waals surface area contributed by atoms with E-state index >= 15 is 0 Å². The van der Waals surface area contributed by atoms with Crippen molar-refractivity contribution in [2.75, 3.05) is 12.8 Å². The van der Waals surface area contributed by atoms with E-state index < -0.39 is 0 Å². The number of amides is 1. The van der Waals surface area contributed by atoms with Crippen molar-refractivity contribution in [3.05, 3.63) is 36.6 Å². The number of carbonyl (C=O) groups excluding carboxylic acids is 1. The standard InChI is InChI=1S/C9H11NOS.C2H6/c1-4-7-6-12-9(11)10(3)8(7)5-2;1-2/h4-5H,1-2,6H2,3H3;1-2H3. The molecule has 0 saturated heterocycles. The number of hydrogen-bond donors (Lipinski definition) is 0. The van der Waals surface area contributed by atoms with Crippen LogP contribution in [0.25, 0.3) is 0 Å². The van der Waals surface area contributed by atoms with Crippen LogP contribution < -0.4 is 0 Å². The largest absolute Gasteiger partial charge is 0.306 e. The third-order valence-electron chi connectivity index (χ3n) is 1.76. The second kappa shape index (κ2) is 6.49. The maximum absolute atomic E-state index is 11.2. The Kier molecular flexibility index (Phi) is 6.04. The average Bonchev–Trinajstić information content (AvgIpc) is 2.24. The average molecular weight is 211 g/mol. The Bertz CT molecular complexity index is 268. The zero-order valence-corrected chi connectivity index (χ0v) is 9.86. The van der Waals surface area contributed by atoms with Gasteiger partial charge in [0.2, 0.25) is 0 Å². The first-order valence-electron chi connectivity index (χ1n) is 4.59. The molecule has 0 N–H and O–H groups in total. The molecule has 1 aliphatic rings. The SMILES string of the molecule is C=CC1=C(C=C)N(C)C(=O)SC1.CC. The summed E-state index contributed by atoms with van der Waals surface area (Å²) in [6.07, 6.45) is 3.46. The first-order valence-corrected chi connectivity index (χ1v) is 5.57. The number of carbonyl (C=O) groups is 1. The summed E-state index contributed by atoms with van der Waals surface area (Å²) in [6.45, 7) is 11.3. The van der Waals surface area contributed by atoms with Gasteiger partial charge in [-0.15, -0.1) is 0 Å². The van der Waals surface area contributed by atoms with Crippen LogP contribution in [0.4, 0.5) is 4.79 Å². The molecule has 1 aliphatic heterocycles. The maximum atomic E-state index is 11.2. The van der Waals surface area contributed by atoms with Gasteiger partial charge in [-0.2, -0.15) is 0 Å². The van der Waals surface area contributed by atoms with Gasteiger partial charge >= 0.3 is 0 Å². The Morgan fingerprint density at radius 3 is 2.36 bits per heavy atom. The van der Waals surface area contributed by atoms with Crippen LogP contribution in [0.2, 0.25) is 0 Å². The molecule has 0 spiro atoms. The van der Waals surface area contributed by atoms with Crippen LogP contribution in [0.5, 0.6) is 0 Å². The van der Waals surface area contributed by atoms with Gasteiger partial charge in [0.15, 0.2) is 0 Å². The van der Waals surface area contributed by atoms with E-state index in [-0.39, 0.29) is 5.24 Å². The van der Waals surface area contributed by atoms with Crippen molar-refractivity contribution in [2.45, 2.75) is 13.8 Å². The molecule has 0 aromatic carbocycles. The number of likely N-dealkylation sites (N-methyl/N-ethyl adjacent to an activating group) is 1. The number of nitrogens with zero attached hydrogens (tertiary/aromatic N) is 1. The van der Waals surface area contributed by atoms with Crippen molar-refractivity contribution in [1.29, 1.82) is 0 Å². The van der Waals surface area contributed by atoms with Crippen molar-refractivity contribution in [2.24, 2.45) is 0 Å². The van der Waals surface area contributed by atoms with Crippen LogP contribution in [0, 0.1) is 0 Å². The monoisotopic (exact) mass is 211 g/mol. The van der Waals surface area contributed by atoms with Crippen molar-refractivity contribution in [1.82, 2.24) is 4.90 Å². The summed E-state index contributed by atoms with van der Waals surface area (Å²) in [6, 6.07) is 0. The molecule has 78 valence electrons. The minimum atomic E-state index is 0.0653. The predicted octanol–water partition coefficient (Wildman–Crippen LogP) is 3.44. The van der Waals surface area contributed by atoms with Crippen molar-refractivity contribution >= 4 is 17.0 Å². The quantitative estimate of drug-likeness (QED) is 0.697. The van der Waals surface area contributed by atoms with Gasteiger partial charge in [0.1, 0.15) is 0 Å². The Hall–Kier alpha value is -0.960. The minimum Gasteiger partial charge on any atom is -0.306 e. The van der Waals surface area contributed by atoms with Crippen LogP contribution in [0.15, 0.2) is 36.6 Å². The zero-order valence-electron chi connectivity index (χ0n) is 9.04. The molecular weight excluding hydrogens is 194 g/mol. The minimum absolute atomic E-state index is 0.0653. The van der Waals surface area contributed by atoms with Crippen molar-refractivity contribution in [3.8, 4) is 0 Å². The Morgan fingerprint density at radius 2 is 1.93 bits per heavy atom. The molecule has 1 amide bonds. The highest BCUT2D eigenvalue weighted by Gasteiger charge is 2.20. The third kappa shape index (κ3) is 2.77. The first-order chi connectivity index (χ1) is 6.70. The lowest BCUT2D eigenvalue weighted by Gasteiger charge is -2.24. The smallest absolute Gasteiger partial charge is 0.286 e. The predicted molar refractivity (Wildman–Crippen MR) is 64.4 cm³/mol. The molecule has 3 heteroatoms. The van der Waals surface area contributed by atoms with E-state index in [0.29, 0.717) is 5.75 Å². The highest BCUT2D eigenvalue weighted by atomic mass is 32.2. The van der Waals surface area contributed by atoms with E-state index in [2.05, 4.69) is 13.2 Å². The number of hydrogen-bond acceptors (Lipinski definition) is 2. The fraction of sp³-hybridized carbons (Fsp3) is 0.364. The van der Waals surface area contributed by atoms with Gasteiger partial charge in [-0.3, -0.25) is 4.79 Å².